The minimum absolute atomic E-state index is 0. The molecule has 2 atom stereocenters. The van der Waals surface area contributed by atoms with E-state index in [1.165, 1.54) is 12.1 Å². The number of nitrogens with zero attached hydrogens (tertiary/aromatic N) is 1. The number of carbonyl (C=O) groups is 1. The van der Waals surface area contributed by atoms with Gasteiger partial charge in [-0.1, -0.05) is 18.2 Å². The van der Waals surface area contributed by atoms with E-state index >= 15 is 0 Å². The standard InChI is InChI=1S/C18H27N3O.2ClH/c22-18(9-8-15-10-11-19-13-15)20-16-5-4-12-21(14-16)17-6-2-1-3-7-17;;/h1-3,6-7,15-16,19H,4-5,8-14H2,(H,20,22);2*1H. The van der Waals surface area contributed by atoms with Crippen LogP contribution in [0.2, 0.25) is 0 Å². The number of halogens is 2. The van der Waals surface area contributed by atoms with Crippen LogP contribution in [0.4, 0.5) is 5.69 Å². The first-order valence-corrected chi connectivity index (χ1v) is 8.61. The van der Waals surface area contributed by atoms with Gasteiger partial charge in [-0.05, 0) is 56.8 Å². The maximum Gasteiger partial charge on any atom is 0.220 e. The van der Waals surface area contributed by atoms with E-state index in [1.807, 2.05) is 6.07 Å². The van der Waals surface area contributed by atoms with Gasteiger partial charge in [0.25, 0.3) is 0 Å². The van der Waals surface area contributed by atoms with Crippen LogP contribution >= 0.6 is 24.8 Å². The van der Waals surface area contributed by atoms with Crippen LogP contribution < -0.4 is 15.5 Å². The van der Waals surface area contributed by atoms with Gasteiger partial charge in [0.05, 0.1) is 0 Å². The average Bonchev–Trinajstić information content (AvgIpc) is 3.08. The number of nitrogens with one attached hydrogen (secondary N) is 2. The third-order valence-corrected chi connectivity index (χ3v) is 4.85. The molecule has 2 heterocycles. The highest BCUT2D eigenvalue weighted by molar-refractivity contribution is 5.85. The van der Waals surface area contributed by atoms with Gasteiger partial charge in [-0.15, -0.1) is 24.8 Å². The van der Waals surface area contributed by atoms with Crippen molar-refractivity contribution in [3.05, 3.63) is 30.3 Å². The molecule has 2 aliphatic rings. The highest BCUT2D eigenvalue weighted by atomic mass is 35.5. The van der Waals surface area contributed by atoms with E-state index in [4.69, 9.17) is 0 Å². The van der Waals surface area contributed by atoms with E-state index in [-0.39, 0.29) is 30.7 Å². The lowest BCUT2D eigenvalue weighted by Gasteiger charge is -2.34. The van der Waals surface area contributed by atoms with Gasteiger partial charge >= 0.3 is 0 Å². The predicted octanol–water partition coefficient (Wildman–Crippen LogP) is 3.00. The second-order valence-corrected chi connectivity index (χ2v) is 6.59. The molecule has 0 spiro atoms. The molecule has 1 aromatic carbocycles. The molecule has 2 unspecified atom stereocenters. The van der Waals surface area contributed by atoms with Gasteiger partial charge in [-0.2, -0.15) is 0 Å². The highest BCUT2D eigenvalue weighted by Gasteiger charge is 2.22. The molecule has 2 N–H and O–H groups in total. The summed E-state index contributed by atoms with van der Waals surface area (Å²) in [5, 5.41) is 6.60. The molecule has 0 saturated carbocycles. The summed E-state index contributed by atoms with van der Waals surface area (Å²) in [7, 11) is 0. The highest BCUT2D eigenvalue weighted by Crippen LogP contribution is 2.20. The molecule has 3 rings (SSSR count). The maximum absolute atomic E-state index is 12.2. The van der Waals surface area contributed by atoms with Crippen molar-refractivity contribution in [2.75, 3.05) is 31.1 Å². The van der Waals surface area contributed by atoms with Crippen molar-refractivity contribution in [2.24, 2.45) is 5.92 Å². The molecule has 0 bridgehead atoms. The molecule has 4 nitrogen and oxygen atoms in total. The number of anilines is 1. The van der Waals surface area contributed by atoms with Crippen LogP contribution in [-0.4, -0.2) is 38.1 Å². The summed E-state index contributed by atoms with van der Waals surface area (Å²) < 4.78 is 0. The molecule has 24 heavy (non-hydrogen) atoms. The molecule has 0 aromatic heterocycles. The van der Waals surface area contributed by atoms with Crippen molar-refractivity contribution in [1.29, 1.82) is 0 Å². The van der Waals surface area contributed by atoms with E-state index in [2.05, 4.69) is 39.8 Å². The van der Waals surface area contributed by atoms with Gasteiger partial charge in [0.2, 0.25) is 5.91 Å². The Morgan fingerprint density at radius 2 is 2.00 bits per heavy atom. The summed E-state index contributed by atoms with van der Waals surface area (Å²) in [4.78, 5) is 14.5. The van der Waals surface area contributed by atoms with Crippen LogP contribution in [0.1, 0.15) is 32.1 Å². The Hall–Kier alpha value is -0.970. The van der Waals surface area contributed by atoms with Crippen LogP contribution in [0.25, 0.3) is 0 Å². The second-order valence-electron chi connectivity index (χ2n) is 6.59. The van der Waals surface area contributed by atoms with Gasteiger partial charge in [-0.3, -0.25) is 4.79 Å². The Balaban J connectivity index is 0.00000144. The fraction of sp³-hybridized carbons (Fsp3) is 0.611. The summed E-state index contributed by atoms with van der Waals surface area (Å²) in [6.07, 6.45) is 5.16. The summed E-state index contributed by atoms with van der Waals surface area (Å²) in [6, 6.07) is 10.8. The summed E-state index contributed by atoms with van der Waals surface area (Å²) >= 11 is 0. The first-order valence-electron chi connectivity index (χ1n) is 8.61. The van der Waals surface area contributed by atoms with Gasteiger partial charge in [0.1, 0.15) is 0 Å². The molecule has 2 aliphatic heterocycles. The summed E-state index contributed by atoms with van der Waals surface area (Å²) in [5.41, 5.74) is 1.26. The lowest BCUT2D eigenvalue weighted by atomic mass is 10.0. The Kier molecular flexibility index (Phi) is 9.49. The monoisotopic (exact) mass is 373 g/mol. The van der Waals surface area contributed by atoms with Crippen molar-refractivity contribution >= 4 is 36.4 Å². The van der Waals surface area contributed by atoms with Crippen LogP contribution in [0.15, 0.2) is 30.3 Å². The van der Waals surface area contributed by atoms with Gasteiger partial charge < -0.3 is 15.5 Å². The summed E-state index contributed by atoms with van der Waals surface area (Å²) in [6.45, 7) is 4.21. The zero-order chi connectivity index (χ0) is 15.2. The number of carbonyl (C=O) groups excluding carboxylic acids is 1. The van der Waals surface area contributed by atoms with Crippen LogP contribution in [0.5, 0.6) is 0 Å². The van der Waals surface area contributed by atoms with Crippen molar-refractivity contribution in [3.8, 4) is 0 Å². The van der Waals surface area contributed by atoms with Crippen molar-refractivity contribution in [1.82, 2.24) is 10.6 Å². The zero-order valence-corrected chi connectivity index (χ0v) is 15.7. The summed E-state index contributed by atoms with van der Waals surface area (Å²) in [5.74, 6) is 0.921. The van der Waals surface area contributed by atoms with Crippen LogP contribution in [0.3, 0.4) is 0 Å². The number of rotatable bonds is 5. The zero-order valence-electron chi connectivity index (χ0n) is 14.1. The van der Waals surface area contributed by atoms with Crippen molar-refractivity contribution in [2.45, 2.75) is 38.1 Å². The molecule has 6 heteroatoms. The van der Waals surface area contributed by atoms with Crippen molar-refractivity contribution in [3.63, 3.8) is 0 Å². The van der Waals surface area contributed by atoms with E-state index in [1.54, 1.807) is 0 Å². The number of para-hydroxylation sites is 1. The fourth-order valence-corrected chi connectivity index (χ4v) is 3.56. The molecular weight excluding hydrogens is 345 g/mol. The number of hydrogen-bond donors (Lipinski definition) is 2. The Bertz CT molecular complexity index is 480. The third kappa shape index (κ3) is 6.15. The quantitative estimate of drug-likeness (QED) is 0.833. The fourth-order valence-electron chi connectivity index (χ4n) is 3.56. The predicted molar refractivity (Wildman–Crippen MR) is 105 cm³/mol. The Labute approximate surface area is 157 Å². The Morgan fingerprint density at radius 1 is 1.21 bits per heavy atom. The minimum Gasteiger partial charge on any atom is -0.369 e. The van der Waals surface area contributed by atoms with E-state index in [0.717, 1.165) is 45.4 Å². The average molecular weight is 374 g/mol. The first kappa shape index (κ1) is 21.1. The number of piperidine rings is 1. The third-order valence-electron chi connectivity index (χ3n) is 4.85. The smallest absolute Gasteiger partial charge is 0.220 e. The van der Waals surface area contributed by atoms with Gasteiger partial charge in [-0.25, -0.2) is 0 Å². The molecule has 1 aromatic rings. The SMILES string of the molecule is Cl.Cl.O=C(CCC1CCNC1)NC1CCCN(c2ccccc2)C1. The van der Waals surface area contributed by atoms with Gasteiger partial charge in [0.15, 0.2) is 0 Å². The van der Waals surface area contributed by atoms with Crippen LogP contribution in [-0.2, 0) is 4.79 Å². The first-order chi connectivity index (χ1) is 10.8. The maximum atomic E-state index is 12.2. The largest absolute Gasteiger partial charge is 0.369 e. The molecule has 2 saturated heterocycles. The minimum atomic E-state index is 0. The van der Waals surface area contributed by atoms with E-state index in [9.17, 15) is 4.79 Å². The molecule has 0 aliphatic carbocycles. The number of hydrogen-bond acceptors (Lipinski definition) is 3. The van der Waals surface area contributed by atoms with Crippen LogP contribution in [0, 0.1) is 5.92 Å². The van der Waals surface area contributed by atoms with Gasteiger partial charge in [0, 0.05) is 31.2 Å². The molecule has 1 amide bonds. The second kappa shape index (κ2) is 10.8. The molecule has 2 fully saturated rings. The van der Waals surface area contributed by atoms with Crippen molar-refractivity contribution < 1.29 is 4.79 Å². The van der Waals surface area contributed by atoms with E-state index < -0.39 is 0 Å². The number of amides is 1. The molecule has 136 valence electrons. The van der Waals surface area contributed by atoms with E-state index in [0.29, 0.717) is 18.4 Å². The number of benzene rings is 1. The Morgan fingerprint density at radius 3 is 2.71 bits per heavy atom. The molecular formula is C18H29Cl2N3O. The normalized spacial score (nSPS) is 23.1. The lowest BCUT2D eigenvalue weighted by Crippen LogP contribution is -2.47. The molecule has 0 radical (unpaired) electrons. The topological polar surface area (TPSA) is 44.4 Å². The lowest BCUT2D eigenvalue weighted by molar-refractivity contribution is -0.122.